The monoisotopic (exact) mass is 534 g/mol. The van der Waals surface area contributed by atoms with Crippen LogP contribution in [0.25, 0.3) is 0 Å². The van der Waals surface area contributed by atoms with E-state index in [9.17, 15) is 14.4 Å². The third-order valence-corrected chi connectivity index (χ3v) is 7.01. The Balaban J connectivity index is 0.000000380. The fourth-order valence-electron chi connectivity index (χ4n) is 5.42. The molecule has 0 saturated carbocycles. The molecule has 0 spiro atoms. The van der Waals surface area contributed by atoms with Crippen molar-refractivity contribution in [2.24, 2.45) is 11.8 Å². The van der Waals surface area contributed by atoms with Crippen molar-refractivity contribution in [3.63, 3.8) is 0 Å². The molecule has 2 aliphatic rings. The summed E-state index contributed by atoms with van der Waals surface area (Å²) >= 11 is 0. The van der Waals surface area contributed by atoms with Crippen molar-refractivity contribution in [2.75, 3.05) is 13.1 Å². The van der Waals surface area contributed by atoms with Gasteiger partial charge in [0.2, 0.25) is 0 Å². The molecule has 2 rings (SSSR count). The molecule has 2 saturated heterocycles. The van der Waals surface area contributed by atoms with E-state index in [2.05, 4.69) is 33.6 Å². The minimum atomic E-state index is -0.456. The van der Waals surface area contributed by atoms with Crippen LogP contribution in [-0.4, -0.2) is 63.6 Å². The molecule has 2 atom stereocenters. The summed E-state index contributed by atoms with van der Waals surface area (Å²) in [6.07, 6.45) is 13.3. The van der Waals surface area contributed by atoms with Crippen molar-refractivity contribution in [3.8, 4) is 12.3 Å². The first-order valence-electron chi connectivity index (χ1n) is 14.2. The maximum atomic E-state index is 12.2. The van der Waals surface area contributed by atoms with Gasteiger partial charge in [-0.15, -0.1) is 12.3 Å². The van der Waals surface area contributed by atoms with Crippen LogP contribution < -0.4 is 0 Å². The minimum absolute atomic E-state index is 0.122. The van der Waals surface area contributed by atoms with Gasteiger partial charge in [-0.05, 0) is 120 Å². The zero-order chi connectivity index (χ0) is 29.4. The molecule has 2 aliphatic heterocycles. The summed E-state index contributed by atoms with van der Waals surface area (Å²) in [6, 6.07) is 0. The Hall–Kier alpha value is -2.23. The molecule has 2 heterocycles. The molecule has 218 valence electrons. The van der Waals surface area contributed by atoms with E-state index >= 15 is 0 Å². The largest absolute Gasteiger partial charge is 0.444 e. The Kier molecular flexibility index (Phi) is 12.2. The number of hydrogen-bond acceptors (Lipinski definition) is 5. The van der Waals surface area contributed by atoms with Gasteiger partial charge in [-0.2, -0.15) is 0 Å². The number of carbonyl (C=O) groups excluding carboxylic acids is 3. The molecule has 0 aromatic heterocycles. The van der Waals surface area contributed by atoms with Gasteiger partial charge in [-0.25, -0.2) is 9.59 Å². The fourth-order valence-corrected chi connectivity index (χ4v) is 5.42. The highest BCUT2D eigenvalue weighted by Gasteiger charge is 2.43. The van der Waals surface area contributed by atoms with Crippen LogP contribution in [0, 0.1) is 24.2 Å². The van der Waals surface area contributed by atoms with Crippen LogP contribution in [0.4, 0.5) is 9.59 Å². The van der Waals surface area contributed by atoms with E-state index in [-0.39, 0.29) is 23.3 Å². The van der Waals surface area contributed by atoms with Crippen LogP contribution >= 0.6 is 0 Å². The smallest absolute Gasteiger partial charge is 0.410 e. The zero-order valence-corrected chi connectivity index (χ0v) is 25.8. The van der Waals surface area contributed by atoms with Crippen LogP contribution in [0.2, 0.25) is 0 Å². The van der Waals surface area contributed by atoms with Gasteiger partial charge in [-0.3, -0.25) is 0 Å². The standard InChI is InChI=1S/C16H27NO2.C15H27NO3/c1-7-8-9-10-13-11-16(5,6)17(12-13)14(18)19-15(2,3)4;1-14(2,3)19-13(18)16-11-12(8-6-7-9-17)10-15(16,4)5/h1,13H,8-12H2,2-6H3;9,12H,6-8,10-11H2,1-5H3. The molecule has 0 aliphatic carbocycles. The molecule has 38 heavy (non-hydrogen) atoms. The summed E-state index contributed by atoms with van der Waals surface area (Å²) in [5, 5.41) is 0. The third-order valence-electron chi connectivity index (χ3n) is 7.01. The lowest BCUT2D eigenvalue weighted by molar-refractivity contribution is -0.108. The molecule has 2 unspecified atom stereocenters. The average Bonchev–Trinajstić information content (AvgIpc) is 3.20. The molecular formula is C31H54N2O5. The first kappa shape index (κ1) is 33.8. The van der Waals surface area contributed by atoms with Crippen LogP contribution in [-0.2, 0) is 14.3 Å². The van der Waals surface area contributed by atoms with Gasteiger partial charge in [0.15, 0.2) is 0 Å². The van der Waals surface area contributed by atoms with E-state index < -0.39 is 11.2 Å². The second kappa shape index (κ2) is 13.7. The van der Waals surface area contributed by atoms with Crippen LogP contribution in [0.3, 0.4) is 0 Å². The predicted molar refractivity (Wildman–Crippen MR) is 153 cm³/mol. The molecule has 2 fully saturated rings. The number of aldehydes is 1. The minimum Gasteiger partial charge on any atom is -0.444 e. The normalized spacial score (nSPS) is 22.2. The zero-order valence-electron chi connectivity index (χ0n) is 25.8. The lowest BCUT2D eigenvalue weighted by Gasteiger charge is -2.33. The van der Waals surface area contributed by atoms with Gasteiger partial charge >= 0.3 is 12.2 Å². The fraction of sp³-hybridized carbons (Fsp3) is 0.839. The number of terminal acetylenes is 1. The molecule has 2 amide bonds. The number of ether oxygens (including phenoxy) is 2. The number of likely N-dealkylation sites (tertiary alicyclic amines) is 2. The molecule has 0 aromatic carbocycles. The molecule has 7 nitrogen and oxygen atoms in total. The number of carbonyl (C=O) groups is 3. The van der Waals surface area contributed by atoms with E-state index in [4.69, 9.17) is 15.9 Å². The third kappa shape index (κ3) is 11.7. The van der Waals surface area contributed by atoms with Gasteiger partial charge in [0.25, 0.3) is 0 Å². The molecule has 7 heteroatoms. The van der Waals surface area contributed by atoms with Crippen molar-refractivity contribution in [1.82, 2.24) is 9.80 Å². The van der Waals surface area contributed by atoms with E-state index in [0.717, 1.165) is 64.3 Å². The highest BCUT2D eigenvalue weighted by molar-refractivity contribution is 5.70. The predicted octanol–water partition coefficient (Wildman–Crippen LogP) is 7.22. The Bertz CT molecular complexity index is 829. The quantitative estimate of drug-likeness (QED) is 0.196. The van der Waals surface area contributed by atoms with Crippen molar-refractivity contribution in [3.05, 3.63) is 0 Å². The summed E-state index contributed by atoms with van der Waals surface area (Å²) in [7, 11) is 0. The lowest BCUT2D eigenvalue weighted by Crippen LogP contribution is -2.45. The Morgan fingerprint density at radius 1 is 0.842 bits per heavy atom. The van der Waals surface area contributed by atoms with Crippen molar-refractivity contribution in [2.45, 2.75) is 143 Å². The van der Waals surface area contributed by atoms with Crippen molar-refractivity contribution in [1.29, 1.82) is 0 Å². The SMILES string of the molecule is C#CCCCC1CN(C(=O)OC(C)(C)C)C(C)(C)C1.CC(C)(C)OC(=O)N1CC(CCCC=O)CC1(C)C. The summed E-state index contributed by atoms with van der Waals surface area (Å²) in [5.74, 6) is 3.68. The maximum Gasteiger partial charge on any atom is 0.410 e. The van der Waals surface area contributed by atoms with Crippen LogP contribution in [0.5, 0.6) is 0 Å². The topological polar surface area (TPSA) is 76.2 Å². The Morgan fingerprint density at radius 2 is 1.24 bits per heavy atom. The number of unbranched alkanes of at least 4 members (excludes halogenated alkanes) is 2. The first-order valence-corrected chi connectivity index (χ1v) is 14.2. The number of rotatable bonds is 7. The van der Waals surface area contributed by atoms with E-state index in [0.29, 0.717) is 18.3 Å². The molecule has 0 bridgehead atoms. The van der Waals surface area contributed by atoms with Gasteiger partial charge in [0, 0.05) is 37.0 Å². The van der Waals surface area contributed by atoms with E-state index in [1.807, 2.05) is 51.3 Å². The molecule has 0 aromatic rings. The Morgan fingerprint density at radius 3 is 1.58 bits per heavy atom. The van der Waals surface area contributed by atoms with Gasteiger partial charge in [0.05, 0.1) is 0 Å². The Labute approximate surface area is 232 Å². The highest BCUT2D eigenvalue weighted by Crippen LogP contribution is 2.37. The molecule has 0 radical (unpaired) electrons. The van der Waals surface area contributed by atoms with E-state index in [1.165, 1.54) is 0 Å². The first-order chi connectivity index (χ1) is 17.3. The summed E-state index contributed by atoms with van der Waals surface area (Å²) in [4.78, 5) is 38.5. The van der Waals surface area contributed by atoms with E-state index in [1.54, 1.807) is 0 Å². The second-order valence-corrected chi connectivity index (χ2v) is 14.1. The summed E-state index contributed by atoms with van der Waals surface area (Å²) in [6.45, 7) is 21.3. The number of hydrogen-bond donors (Lipinski definition) is 0. The summed E-state index contributed by atoms with van der Waals surface area (Å²) < 4.78 is 10.9. The van der Waals surface area contributed by atoms with Gasteiger partial charge in [-0.1, -0.05) is 0 Å². The van der Waals surface area contributed by atoms with Crippen LogP contribution in [0.15, 0.2) is 0 Å². The number of amides is 2. The average molecular weight is 535 g/mol. The van der Waals surface area contributed by atoms with Crippen molar-refractivity contribution >= 4 is 18.5 Å². The van der Waals surface area contributed by atoms with Crippen LogP contribution in [0.1, 0.15) is 121 Å². The molecular weight excluding hydrogens is 480 g/mol. The van der Waals surface area contributed by atoms with Gasteiger partial charge in [0.1, 0.15) is 17.5 Å². The second-order valence-electron chi connectivity index (χ2n) is 14.1. The van der Waals surface area contributed by atoms with Gasteiger partial charge < -0.3 is 24.1 Å². The summed E-state index contributed by atoms with van der Waals surface area (Å²) in [5.41, 5.74) is -1.17. The maximum absolute atomic E-state index is 12.2. The lowest BCUT2D eigenvalue weighted by atomic mass is 9.93. The van der Waals surface area contributed by atoms with Crippen molar-refractivity contribution < 1.29 is 23.9 Å². The molecule has 0 N–H and O–H groups in total. The highest BCUT2D eigenvalue weighted by atomic mass is 16.6. The number of nitrogens with zero attached hydrogens (tertiary/aromatic N) is 2.